The third-order valence-electron chi connectivity index (χ3n) is 2.83. The van der Waals surface area contributed by atoms with E-state index in [9.17, 15) is 9.90 Å². The molecule has 1 saturated heterocycles. The lowest BCUT2D eigenvalue weighted by Crippen LogP contribution is -2.60. The van der Waals surface area contributed by atoms with Crippen LogP contribution in [0, 0.1) is 0 Å². The van der Waals surface area contributed by atoms with Gasteiger partial charge in [0.1, 0.15) is 6.04 Å². The summed E-state index contributed by atoms with van der Waals surface area (Å²) in [5.41, 5.74) is -0.574. The highest BCUT2D eigenvalue weighted by Gasteiger charge is 2.41. The first kappa shape index (κ1) is 13.5. The molecule has 0 spiro atoms. The van der Waals surface area contributed by atoms with Crippen LogP contribution in [0.5, 0.6) is 0 Å². The van der Waals surface area contributed by atoms with E-state index in [1.54, 1.807) is 0 Å². The summed E-state index contributed by atoms with van der Waals surface area (Å²) in [7, 11) is 0. The molecule has 1 aliphatic heterocycles. The Bertz CT molecular complexity index is 257. The Morgan fingerprint density at radius 1 is 1.31 bits per heavy atom. The standard InChI is InChI=1S/C12H23NO3/c1-6-9(10(14)15)13-7-11(2,3)16-12(4,5)8-13/h9H,6-8H2,1-5H3,(H,14,15). The minimum absolute atomic E-state index is 0.287. The van der Waals surface area contributed by atoms with Gasteiger partial charge in [-0.1, -0.05) is 6.92 Å². The summed E-state index contributed by atoms with van der Waals surface area (Å²) in [6.45, 7) is 11.3. The van der Waals surface area contributed by atoms with Crippen LogP contribution in [0.3, 0.4) is 0 Å². The van der Waals surface area contributed by atoms with Crippen LogP contribution in [-0.2, 0) is 9.53 Å². The van der Waals surface area contributed by atoms with E-state index in [4.69, 9.17) is 4.74 Å². The van der Waals surface area contributed by atoms with E-state index in [1.807, 2.05) is 39.5 Å². The third-order valence-corrected chi connectivity index (χ3v) is 2.83. The molecule has 0 radical (unpaired) electrons. The zero-order chi connectivity index (χ0) is 12.6. The van der Waals surface area contributed by atoms with Crippen molar-refractivity contribution >= 4 is 5.97 Å². The molecule has 0 amide bonds. The molecule has 16 heavy (non-hydrogen) atoms. The van der Waals surface area contributed by atoms with Crippen molar-refractivity contribution < 1.29 is 14.6 Å². The molecule has 0 aromatic heterocycles. The summed E-state index contributed by atoms with van der Waals surface area (Å²) < 4.78 is 5.93. The maximum atomic E-state index is 11.2. The highest BCUT2D eigenvalue weighted by Crippen LogP contribution is 2.29. The maximum Gasteiger partial charge on any atom is 0.320 e. The van der Waals surface area contributed by atoms with Crippen LogP contribution in [0.4, 0.5) is 0 Å². The van der Waals surface area contributed by atoms with E-state index < -0.39 is 12.0 Å². The molecular formula is C12H23NO3. The largest absolute Gasteiger partial charge is 0.480 e. The zero-order valence-corrected chi connectivity index (χ0v) is 10.9. The van der Waals surface area contributed by atoms with Crippen molar-refractivity contribution in [3.63, 3.8) is 0 Å². The van der Waals surface area contributed by atoms with Crippen LogP contribution in [0.2, 0.25) is 0 Å². The number of carboxylic acid groups (broad SMARTS) is 1. The Hall–Kier alpha value is -0.610. The van der Waals surface area contributed by atoms with Gasteiger partial charge in [0.15, 0.2) is 0 Å². The van der Waals surface area contributed by atoms with E-state index in [0.717, 1.165) is 0 Å². The molecule has 1 unspecified atom stereocenters. The average molecular weight is 229 g/mol. The van der Waals surface area contributed by atoms with E-state index in [0.29, 0.717) is 19.5 Å². The molecule has 1 aliphatic rings. The number of carboxylic acids is 1. The summed E-state index contributed by atoms with van der Waals surface area (Å²) in [4.78, 5) is 13.2. The summed E-state index contributed by atoms with van der Waals surface area (Å²) in [6, 6.07) is -0.401. The molecule has 0 aliphatic carbocycles. The molecule has 4 heteroatoms. The van der Waals surface area contributed by atoms with Crippen LogP contribution in [0.1, 0.15) is 41.0 Å². The number of morpholine rings is 1. The van der Waals surface area contributed by atoms with Gasteiger partial charge in [0.05, 0.1) is 11.2 Å². The molecule has 1 atom stereocenters. The first-order valence-electron chi connectivity index (χ1n) is 5.84. The second-order valence-electron chi connectivity index (χ2n) is 5.79. The van der Waals surface area contributed by atoms with Crippen molar-refractivity contribution in [3.05, 3.63) is 0 Å². The SMILES string of the molecule is CCC(C(=O)O)N1CC(C)(C)OC(C)(C)C1. The fourth-order valence-corrected chi connectivity index (χ4v) is 2.66. The van der Waals surface area contributed by atoms with Crippen molar-refractivity contribution in [2.24, 2.45) is 0 Å². The molecule has 1 heterocycles. The molecule has 94 valence electrons. The maximum absolute atomic E-state index is 11.2. The predicted molar refractivity (Wildman–Crippen MR) is 62.5 cm³/mol. The van der Waals surface area contributed by atoms with E-state index in [1.165, 1.54) is 0 Å². The minimum Gasteiger partial charge on any atom is -0.480 e. The van der Waals surface area contributed by atoms with Gasteiger partial charge in [-0.05, 0) is 34.1 Å². The smallest absolute Gasteiger partial charge is 0.320 e. The van der Waals surface area contributed by atoms with Crippen molar-refractivity contribution in [2.75, 3.05) is 13.1 Å². The Kier molecular flexibility index (Phi) is 3.65. The summed E-state index contributed by atoms with van der Waals surface area (Å²) in [5, 5.41) is 9.18. The second-order valence-corrected chi connectivity index (χ2v) is 5.79. The van der Waals surface area contributed by atoms with E-state index in [2.05, 4.69) is 0 Å². The number of carbonyl (C=O) groups is 1. The van der Waals surface area contributed by atoms with Crippen molar-refractivity contribution in [2.45, 2.75) is 58.3 Å². The van der Waals surface area contributed by atoms with Gasteiger partial charge in [-0.2, -0.15) is 0 Å². The predicted octanol–water partition coefficient (Wildman–Crippen LogP) is 1.74. The van der Waals surface area contributed by atoms with Crippen molar-refractivity contribution in [1.82, 2.24) is 4.90 Å². The van der Waals surface area contributed by atoms with Crippen LogP contribution in [0.25, 0.3) is 0 Å². The summed E-state index contributed by atoms with van der Waals surface area (Å²) in [5.74, 6) is -0.740. The molecule has 1 N–H and O–H groups in total. The topological polar surface area (TPSA) is 49.8 Å². The Labute approximate surface area is 97.6 Å². The van der Waals surface area contributed by atoms with E-state index >= 15 is 0 Å². The lowest BCUT2D eigenvalue weighted by molar-refractivity contribution is -0.192. The van der Waals surface area contributed by atoms with Gasteiger partial charge < -0.3 is 9.84 Å². The molecule has 4 nitrogen and oxygen atoms in total. The van der Waals surface area contributed by atoms with Gasteiger partial charge in [0.25, 0.3) is 0 Å². The quantitative estimate of drug-likeness (QED) is 0.801. The molecule has 1 rings (SSSR count). The minimum atomic E-state index is -0.740. The van der Waals surface area contributed by atoms with Crippen molar-refractivity contribution in [3.8, 4) is 0 Å². The molecule has 0 bridgehead atoms. The van der Waals surface area contributed by atoms with E-state index in [-0.39, 0.29) is 11.2 Å². The highest BCUT2D eigenvalue weighted by molar-refractivity contribution is 5.73. The second kappa shape index (κ2) is 4.34. The number of nitrogens with zero attached hydrogens (tertiary/aromatic N) is 1. The Balaban J connectivity index is 2.84. The first-order valence-corrected chi connectivity index (χ1v) is 5.84. The fraction of sp³-hybridized carbons (Fsp3) is 0.917. The third kappa shape index (κ3) is 3.19. The van der Waals surface area contributed by atoms with Crippen LogP contribution in [-0.4, -0.2) is 46.3 Å². The molecular weight excluding hydrogens is 206 g/mol. The lowest BCUT2D eigenvalue weighted by atomic mass is 9.96. The van der Waals surface area contributed by atoms with Gasteiger partial charge in [0, 0.05) is 13.1 Å². The number of hydrogen-bond donors (Lipinski definition) is 1. The number of hydrogen-bond acceptors (Lipinski definition) is 3. The fourth-order valence-electron chi connectivity index (χ4n) is 2.66. The summed E-state index contributed by atoms with van der Waals surface area (Å²) in [6.07, 6.45) is 0.626. The first-order chi connectivity index (χ1) is 7.17. The van der Waals surface area contributed by atoms with Crippen LogP contribution >= 0.6 is 0 Å². The zero-order valence-electron chi connectivity index (χ0n) is 10.9. The molecule has 1 fully saturated rings. The average Bonchev–Trinajstić information content (AvgIpc) is 1.97. The Morgan fingerprint density at radius 3 is 2.06 bits per heavy atom. The van der Waals surface area contributed by atoms with Gasteiger partial charge in [0.2, 0.25) is 0 Å². The normalized spacial score (nSPS) is 26.3. The molecule has 0 aromatic carbocycles. The van der Waals surface area contributed by atoms with Gasteiger partial charge >= 0.3 is 5.97 Å². The van der Waals surface area contributed by atoms with Gasteiger partial charge in [-0.25, -0.2) is 0 Å². The van der Waals surface area contributed by atoms with Gasteiger partial charge in [-0.3, -0.25) is 9.69 Å². The monoisotopic (exact) mass is 229 g/mol. The number of aliphatic carboxylic acids is 1. The number of ether oxygens (including phenoxy) is 1. The van der Waals surface area contributed by atoms with Crippen LogP contribution < -0.4 is 0 Å². The number of rotatable bonds is 3. The highest BCUT2D eigenvalue weighted by atomic mass is 16.5. The van der Waals surface area contributed by atoms with Gasteiger partial charge in [-0.15, -0.1) is 0 Å². The van der Waals surface area contributed by atoms with Crippen LogP contribution in [0.15, 0.2) is 0 Å². The lowest BCUT2D eigenvalue weighted by Gasteiger charge is -2.48. The Morgan fingerprint density at radius 2 is 1.75 bits per heavy atom. The molecule has 0 saturated carbocycles. The molecule has 0 aromatic rings. The summed E-state index contributed by atoms with van der Waals surface area (Å²) >= 11 is 0. The van der Waals surface area contributed by atoms with Crippen molar-refractivity contribution in [1.29, 1.82) is 0 Å².